The zero-order chi connectivity index (χ0) is 12.3. The van der Waals surface area contributed by atoms with Crippen LogP contribution in [0.3, 0.4) is 0 Å². The highest BCUT2D eigenvalue weighted by Gasteiger charge is 2.28. The van der Waals surface area contributed by atoms with Crippen molar-refractivity contribution in [2.75, 3.05) is 11.6 Å². The Labute approximate surface area is 102 Å². The number of nitrogens with zero attached hydrogens (tertiary/aromatic N) is 1. The number of nitrogens with one attached hydrogen (secondary N) is 1. The van der Waals surface area contributed by atoms with Crippen molar-refractivity contribution in [2.24, 2.45) is 0 Å². The van der Waals surface area contributed by atoms with E-state index in [1.807, 2.05) is 18.2 Å². The maximum Gasteiger partial charge on any atom is 0.150 e. The van der Waals surface area contributed by atoms with Crippen LogP contribution in [0.15, 0.2) is 24.4 Å². The highest BCUT2D eigenvalue weighted by Crippen LogP contribution is 2.25. The summed E-state index contributed by atoms with van der Waals surface area (Å²) >= 11 is 0. The molecule has 0 amide bonds. The van der Waals surface area contributed by atoms with Gasteiger partial charge in [0.15, 0.2) is 0 Å². The zero-order valence-corrected chi connectivity index (χ0v) is 10.8. The first-order chi connectivity index (χ1) is 8.05. The number of pyridine rings is 1. The minimum atomic E-state index is -2.91. The average Bonchev–Trinajstić information content (AvgIpc) is 2.29. The lowest BCUT2D eigenvalue weighted by molar-refractivity contribution is 0.452. The molecule has 1 aliphatic rings. The molecule has 17 heavy (non-hydrogen) atoms. The van der Waals surface area contributed by atoms with Gasteiger partial charge in [-0.3, -0.25) is 0 Å². The van der Waals surface area contributed by atoms with Crippen LogP contribution in [0.1, 0.15) is 25.7 Å². The Kier molecular flexibility index (Phi) is 3.66. The van der Waals surface area contributed by atoms with Crippen LogP contribution in [0.25, 0.3) is 0 Å². The summed E-state index contributed by atoms with van der Waals surface area (Å²) in [6, 6.07) is 5.92. The zero-order valence-electron chi connectivity index (χ0n) is 9.96. The summed E-state index contributed by atoms with van der Waals surface area (Å²) in [6.07, 6.45) is 6.53. The number of anilines is 1. The molecule has 1 heterocycles. The predicted octanol–water partition coefficient (Wildman–Crippen LogP) is 1.85. The second-order valence-corrected chi connectivity index (χ2v) is 7.00. The van der Waals surface area contributed by atoms with Gasteiger partial charge in [0.2, 0.25) is 0 Å². The third kappa shape index (κ3) is 3.43. The lowest BCUT2D eigenvalue weighted by Crippen LogP contribution is -2.34. The van der Waals surface area contributed by atoms with Crippen molar-refractivity contribution in [3.8, 4) is 0 Å². The van der Waals surface area contributed by atoms with Crippen molar-refractivity contribution in [3.63, 3.8) is 0 Å². The van der Waals surface area contributed by atoms with Crippen LogP contribution in [0.5, 0.6) is 0 Å². The van der Waals surface area contributed by atoms with E-state index in [0.717, 1.165) is 25.1 Å². The molecule has 0 saturated heterocycles. The molecule has 0 aromatic carbocycles. The molecule has 2 rings (SSSR count). The van der Waals surface area contributed by atoms with Crippen molar-refractivity contribution in [1.29, 1.82) is 0 Å². The SMILES string of the molecule is CS(=O)(=O)C1CCCC(Nc2ccccn2)C1. The van der Waals surface area contributed by atoms with E-state index in [1.165, 1.54) is 6.26 Å². The maximum atomic E-state index is 11.5. The Hall–Kier alpha value is -1.10. The first-order valence-corrected chi connectivity index (χ1v) is 7.87. The summed E-state index contributed by atoms with van der Waals surface area (Å²) in [5.74, 6) is 0.826. The fourth-order valence-corrected chi connectivity index (χ4v) is 3.50. The fraction of sp³-hybridized carbons (Fsp3) is 0.583. The van der Waals surface area contributed by atoms with Gasteiger partial charge in [0.05, 0.1) is 5.25 Å². The molecule has 5 heteroatoms. The van der Waals surface area contributed by atoms with Crippen molar-refractivity contribution < 1.29 is 8.42 Å². The predicted molar refractivity (Wildman–Crippen MR) is 68.7 cm³/mol. The molecule has 1 aliphatic carbocycles. The van der Waals surface area contributed by atoms with Crippen molar-refractivity contribution >= 4 is 15.7 Å². The van der Waals surface area contributed by atoms with E-state index in [0.29, 0.717) is 6.42 Å². The number of hydrogen-bond acceptors (Lipinski definition) is 4. The second-order valence-electron chi connectivity index (χ2n) is 4.67. The van der Waals surface area contributed by atoms with Crippen LogP contribution < -0.4 is 5.32 Å². The Morgan fingerprint density at radius 2 is 2.18 bits per heavy atom. The monoisotopic (exact) mass is 254 g/mol. The summed E-state index contributed by atoms with van der Waals surface area (Å²) in [5.41, 5.74) is 0. The molecule has 94 valence electrons. The van der Waals surface area contributed by atoms with Gasteiger partial charge >= 0.3 is 0 Å². The van der Waals surface area contributed by atoms with E-state index in [9.17, 15) is 8.42 Å². The van der Waals surface area contributed by atoms with E-state index < -0.39 is 9.84 Å². The standard InChI is InChI=1S/C12H18N2O2S/c1-17(15,16)11-6-4-5-10(9-11)14-12-7-2-3-8-13-12/h2-3,7-8,10-11H,4-6,9H2,1H3,(H,13,14). The summed E-state index contributed by atoms with van der Waals surface area (Å²) < 4.78 is 23.1. The van der Waals surface area contributed by atoms with Gasteiger partial charge in [-0.1, -0.05) is 12.5 Å². The summed E-state index contributed by atoms with van der Waals surface area (Å²) in [7, 11) is -2.91. The molecule has 1 fully saturated rings. The van der Waals surface area contributed by atoms with Crippen molar-refractivity contribution in [1.82, 2.24) is 4.98 Å². The van der Waals surface area contributed by atoms with Crippen LogP contribution in [0.2, 0.25) is 0 Å². The number of sulfone groups is 1. The molecule has 1 N–H and O–H groups in total. The molecule has 0 aliphatic heterocycles. The molecule has 1 saturated carbocycles. The Balaban J connectivity index is 1.99. The fourth-order valence-electron chi connectivity index (χ4n) is 2.32. The third-order valence-corrected chi connectivity index (χ3v) is 4.89. The van der Waals surface area contributed by atoms with E-state index in [4.69, 9.17) is 0 Å². The van der Waals surface area contributed by atoms with Gasteiger partial charge in [0.1, 0.15) is 15.7 Å². The van der Waals surface area contributed by atoms with Crippen LogP contribution >= 0.6 is 0 Å². The Morgan fingerprint density at radius 1 is 1.35 bits per heavy atom. The number of rotatable bonds is 3. The number of hydrogen-bond donors (Lipinski definition) is 1. The molecule has 0 radical (unpaired) electrons. The quantitative estimate of drug-likeness (QED) is 0.894. The van der Waals surface area contributed by atoms with Crippen LogP contribution in [0, 0.1) is 0 Å². The van der Waals surface area contributed by atoms with Crippen LogP contribution in [-0.2, 0) is 9.84 Å². The Bertz CT molecular complexity index is 459. The Morgan fingerprint density at radius 3 is 2.82 bits per heavy atom. The van der Waals surface area contributed by atoms with Crippen LogP contribution in [-0.4, -0.2) is 30.9 Å². The minimum Gasteiger partial charge on any atom is -0.367 e. The molecule has 0 spiro atoms. The van der Waals surface area contributed by atoms with Gasteiger partial charge in [-0.05, 0) is 31.4 Å². The topological polar surface area (TPSA) is 59.1 Å². The average molecular weight is 254 g/mol. The largest absolute Gasteiger partial charge is 0.367 e. The lowest BCUT2D eigenvalue weighted by Gasteiger charge is -2.28. The van der Waals surface area contributed by atoms with Gasteiger partial charge in [0.25, 0.3) is 0 Å². The van der Waals surface area contributed by atoms with Gasteiger partial charge in [-0.15, -0.1) is 0 Å². The van der Waals surface area contributed by atoms with E-state index >= 15 is 0 Å². The molecular weight excluding hydrogens is 236 g/mol. The van der Waals surface area contributed by atoms with E-state index in [-0.39, 0.29) is 11.3 Å². The van der Waals surface area contributed by atoms with Gasteiger partial charge < -0.3 is 5.32 Å². The van der Waals surface area contributed by atoms with E-state index in [2.05, 4.69) is 10.3 Å². The smallest absolute Gasteiger partial charge is 0.150 e. The van der Waals surface area contributed by atoms with Crippen molar-refractivity contribution in [3.05, 3.63) is 24.4 Å². The third-order valence-electron chi connectivity index (χ3n) is 3.25. The molecule has 2 atom stereocenters. The molecule has 4 nitrogen and oxygen atoms in total. The highest BCUT2D eigenvalue weighted by atomic mass is 32.2. The molecular formula is C12H18N2O2S. The van der Waals surface area contributed by atoms with Gasteiger partial charge in [-0.25, -0.2) is 13.4 Å². The highest BCUT2D eigenvalue weighted by molar-refractivity contribution is 7.91. The summed E-state index contributed by atoms with van der Waals surface area (Å²) in [6.45, 7) is 0. The number of aromatic nitrogens is 1. The molecule has 0 bridgehead atoms. The van der Waals surface area contributed by atoms with E-state index in [1.54, 1.807) is 6.20 Å². The minimum absolute atomic E-state index is 0.197. The van der Waals surface area contributed by atoms with Gasteiger partial charge in [-0.2, -0.15) is 0 Å². The first-order valence-electron chi connectivity index (χ1n) is 5.92. The van der Waals surface area contributed by atoms with Crippen LogP contribution in [0.4, 0.5) is 5.82 Å². The van der Waals surface area contributed by atoms with Crippen molar-refractivity contribution in [2.45, 2.75) is 37.0 Å². The van der Waals surface area contributed by atoms with Gasteiger partial charge in [0, 0.05) is 18.5 Å². The normalized spacial score (nSPS) is 25.5. The maximum absolute atomic E-state index is 11.5. The lowest BCUT2D eigenvalue weighted by atomic mass is 9.95. The second kappa shape index (κ2) is 5.04. The molecule has 1 aromatic rings. The summed E-state index contributed by atoms with van der Waals surface area (Å²) in [5, 5.41) is 3.11. The molecule has 1 aromatic heterocycles. The summed E-state index contributed by atoms with van der Waals surface area (Å²) in [4.78, 5) is 4.20. The first kappa shape index (κ1) is 12.4. The molecule has 2 unspecified atom stereocenters.